The lowest BCUT2D eigenvalue weighted by molar-refractivity contribution is 0.0621. The summed E-state index contributed by atoms with van der Waals surface area (Å²) >= 11 is 0. The SMILES string of the molecule is Cn1ncc2c1[C@@H](COCC1CC1)CN(C(=O)c1cccnc1)C2. The zero-order chi connectivity index (χ0) is 16.5. The van der Waals surface area contributed by atoms with E-state index in [2.05, 4.69) is 10.1 Å². The number of hydrogen-bond acceptors (Lipinski definition) is 4. The number of carbonyl (C=O) groups is 1. The van der Waals surface area contributed by atoms with Crippen molar-refractivity contribution in [2.45, 2.75) is 25.3 Å². The van der Waals surface area contributed by atoms with Crippen LogP contribution in [0.1, 0.15) is 40.4 Å². The Balaban J connectivity index is 1.52. The normalized spacial score (nSPS) is 20.0. The molecule has 0 N–H and O–H groups in total. The Labute approximate surface area is 141 Å². The zero-order valence-corrected chi connectivity index (χ0v) is 13.9. The fourth-order valence-electron chi connectivity index (χ4n) is 3.38. The molecule has 1 atom stereocenters. The van der Waals surface area contributed by atoms with Crippen molar-refractivity contribution in [2.75, 3.05) is 19.8 Å². The summed E-state index contributed by atoms with van der Waals surface area (Å²) in [5, 5.41) is 4.38. The highest BCUT2D eigenvalue weighted by molar-refractivity contribution is 5.94. The highest BCUT2D eigenvalue weighted by Gasteiger charge is 2.32. The number of fused-ring (bicyclic) bond motifs is 1. The molecule has 2 aromatic rings. The van der Waals surface area contributed by atoms with Crippen LogP contribution in [0.2, 0.25) is 0 Å². The molecule has 0 aromatic carbocycles. The van der Waals surface area contributed by atoms with Crippen molar-refractivity contribution in [1.82, 2.24) is 19.7 Å². The number of amides is 1. The van der Waals surface area contributed by atoms with Gasteiger partial charge in [0, 0.05) is 50.6 Å². The Hall–Kier alpha value is -2.21. The van der Waals surface area contributed by atoms with E-state index in [1.54, 1.807) is 18.5 Å². The Morgan fingerprint density at radius 2 is 2.21 bits per heavy atom. The van der Waals surface area contributed by atoms with Gasteiger partial charge in [-0.25, -0.2) is 0 Å². The van der Waals surface area contributed by atoms with Gasteiger partial charge in [0.15, 0.2) is 0 Å². The van der Waals surface area contributed by atoms with Gasteiger partial charge in [-0.2, -0.15) is 5.10 Å². The Kier molecular flexibility index (Phi) is 4.06. The molecular formula is C18H22N4O2. The van der Waals surface area contributed by atoms with Crippen LogP contribution in [0.25, 0.3) is 0 Å². The Bertz CT molecular complexity index is 724. The summed E-state index contributed by atoms with van der Waals surface area (Å²) in [6.07, 6.45) is 7.74. The largest absolute Gasteiger partial charge is 0.380 e. The van der Waals surface area contributed by atoms with Gasteiger partial charge in [-0.05, 0) is 30.9 Å². The lowest BCUT2D eigenvalue weighted by Gasteiger charge is -2.33. The number of hydrogen-bond donors (Lipinski definition) is 0. The first-order chi connectivity index (χ1) is 11.7. The van der Waals surface area contributed by atoms with Gasteiger partial charge in [0.05, 0.1) is 24.1 Å². The monoisotopic (exact) mass is 326 g/mol. The molecule has 0 bridgehead atoms. The van der Waals surface area contributed by atoms with Crippen LogP contribution >= 0.6 is 0 Å². The number of pyridine rings is 1. The molecule has 6 nitrogen and oxygen atoms in total. The quantitative estimate of drug-likeness (QED) is 0.843. The number of nitrogens with zero attached hydrogens (tertiary/aromatic N) is 4. The molecule has 1 amide bonds. The van der Waals surface area contributed by atoms with Gasteiger partial charge in [0.2, 0.25) is 0 Å². The second-order valence-electron chi connectivity index (χ2n) is 6.78. The van der Waals surface area contributed by atoms with Crippen LogP contribution in [0.15, 0.2) is 30.7 Å². The molecule has 0 unspecified atom stereocenters. The van der Waals surface area contributed by atoms with Crippen molar-refractivity contribution in [3.63, 3.8) is 0 Å². The lowest BCUT2D eigenvalue weighted by atomic mass is 9.96. The van der Waals surface area contributed by atoms with Crippen LogP contribution in [0.3, 0.4) is 0 Å². The standard InChI is InChI=1S/C18H22N4O2/c1-21-17-15(8-20-21)9-22(18(23)14-3-2-6-19-7-14)10-16(17)12-24-11-13-4-5-13/h2-3,6-8,13,16H,4-5,9-12H2,1H3/t16-/m1/s1. The van der Waals surface area contributed by atoms with Crippen molar-refractivity contribution in [2.24, 2.45) is 13.0 Å². The van der Waals surface area contributed by atoms with Crippen molar-refractivity contribution in [3.05, 3.63) is 47.5 Å². The van der Waals surface area contributed by atoms with Crippen molar-refractivity contribution >= 4 is 5.91 Å². The van der Waals surface area contributed by atoms with E-state index in [0.29, 0.717) is 25.3 Å². The van der Waals surface area contributed by atoms with Crippen molar-refractivity contribution in [1.29, 1.82) is 0 Å². The highest BCUT2D eigenvalue weighted by atomic mass is 16.5. The summed E-state index contributed by atoms with van der Waals surface area (Å²) in [5.74, 6) is 0.929. The molecule has 3 heterocycles. The first-order valence-electron chi connectivity index (χ1n) is 8.50. The minimum atomic E-state index is 0.0183. The van der Waals surface area contributed by atoms with E-state index in [9.17, 15) is 4.79 Å². The number of aryl methyl sites for hydroxylation is 1. The van der Waals surface area contributed by atoms with Gasteiger partial charge in [0.25, 0.3) is 5.91 Å². The summed E-state index contributed by atoms with van der Waals surface area (Å²) in [6.45, 7) is 2.72. The summed E-state index contributed by atoms with van der Waals surface area (Å²) in [5.41, 5.74) is 2.93. The fourth-order valence-corrected chi connectivity index (χ4v) is 3.38. The Morgan fingerprint density at radius 3 is 2.96 bits per heavy atom. The summed E-state index contributed by atoms with van der Waals surface area (Å²) in [6, 6.07) is 3.61. The molecule has 0 radical (unpaired) electrons. The minimum absolute atomic E-state index is 0.0183. The van der Waals surface area contributed by atoms with E-state index in [1.807, 2.05) is 28.9 Å². The number of aromatic nitrogens is 3. The average Bonchev–Trinajstić information content (AvgIpc) is 3.36. The molecule has 2 aliphatic rings. The molecule has 24 heavy (non-hydrogen) atoms. The smallest absolute Gasteiger partial charge is 0.255 e. The van der Waals surface area contributed by atoms with Crippen LogP contribution in [-0.2, 0) is 18.3 Å². The van der Waals surface area contributed by atoms with Crippen LogP contribution in [0, 0.1) is 5.92 Å². The van der Waals surface area contributed by atoms with Gasteiger partial charge in [-0.1, -0.05) is 0 Å². The predicted molar refractivity (Wildman–Crippen MR) is 88.5 cm³/mol. The van der Waals surface area contributed by atoms with Gasteiger partial charge in [-0.15, -0.1) is 0 Å². The lowest BCUT2D eigenvalue weighted by Crippen LogP contribution is -2.40. The molecule has 1 aliphatic heterocycles. The van der Waals surface area contributed by atoms with Crippen LogP contribution in [0.4, 0.5) is 0 Å². The molecule has 1 fully saturated rings. The maximum atomic E-state index is 12.8. The average molecular weight is 326 g/mol. The van der Waals surface area contributed by atoms with Crippen LogP contribution in [0.5, 0.6) is 0 Å². The minimum Gasteiger partial charge on any atom is -0.380 e. The third-order valence-electron chi connectivity index (χ3n) is 4.82. The molecule has 1 saturated carbocycles. The first-order valence-corrected chi connectivity index (χ1v) is 8.50. The molecule has 126 valence electrons. The molecular weight excluding hydrogens is 304 g/mol. The summed E-state index contributed by atoms with van der Waals surface area (Å²) < 4.78 is 7.84. The van der Waals surface area contributed by atoms with E-state index in [-0.39, 0.29) is 11.8 Å². The molecule has 1 aliphatic carbocycles. The van der Waals surface area contributed by atoms with Gasteiger partial charge < -0.3 is 9.64 Å². The molecule has 0 spiro atoms. The summed E-state index contributed by atoms with van der Waals surface area (Å²) in [7, 11) is 1.96. The van der Waals surface area contributed by atoms with Gasteiger partial charge in [-0.3, -0.25) is 14.5 Å². The second kappa shape index (κ2) is 6.36. The maximum Gasteiger partial charge on any atom is 0.255 e. The Morgan fingerprint density at radius 1 is 1.33 bits per heavy atom. The van der Waals surface area contributed by atoms with Gasteiger partial charge in [0.1, 0.15) is 0 Å². The van der Waals surface area contributed by atoms with Crippen LogP contribution in [-0.4, -0.2) is 45.3 Å². The van der Waals surface area contributed by atoms with E-state index in [0.717, 1.165) is 18.1 Å². The van der Waals surface area contributed by atoms with E-state index >= 15 is 0 Å². The summed E-state index contributed by atoms with van der Waals surface area (Å²) in [4.78, 5) is 18.7. The van der Waals surface area contributed by atoms with E-state index in [1.165, 1.54) is 18.5 Å². The second-order valence-corrected chi connectivity index (χ2v) is 6.78. The molecule has 4 rings (SSSR count). The number of rotatable bonds is 5. The first kappa shape index (κ1) is 15.3. The van der Waals surface area contributed by atoms with Crippen molar-refractivity contribution < 1.29 is 9.53 Å². The molecule has 0 saturated heterocycles. The maximum absolute atomic E-state index is 12.8. The topological polar surface area (TPSA) is 60.2 Å². The predicted octanol–water partition coefficient (Wildman–Crippen LogP) is 1.98. The number of carbonyl (C=O) groups excluding carboxylic acids is 1. The van der Waals surface area contributed by atoms with Gasteiger partial charge >= 0.3 is 0 Å². The fraction of sp³-hybridized carbons (Fsp3) is 0.500. The third kappa shape index (κ3) is 3.06. The van der Waals surface area contributed by atoms with Crippen molar-refractivity contribution in [3.8, 4) is 0 Å². The van der Waals surface area contributed by atoms with E-state index < -0.39 is 0 Å². The third-order valence-corrected chi connectivity index (χ3v) is 4.82. The van der Waals surface area contributed by atoms with E-state index in [4.69, 9.17) is 4.74 Å². The molecule has 6 heteroatoms. The zero-order valence-electron chi connectivity index (χ0n) is 13.9. The molecule has 2 aromatic heterocycles. The van der Waals surface area contributed by atoms with Crippen LogP contribution < -0.4 is 0 Å². The highest BCUT2D eigenvalue weighted by Crippen LogP contribution is 2.32. The number of ether oxygens (including phenoxy) is 1.